The van der Waals surface area contributed by atoms with Crippen molar-refractivity contribution in [2.45, 2.75) is 6.92 Å². The number of benzene rings is 3. The number of methoxy groups -OCH3 is 1. The molecule has 23 heavy (non-hydrogen) atoms. The van der Waals surface area contributed by atoms with Crippen LogP contribution in [0.25, 0.3) is 0 Å². The maximum atomic E-state index is 5.24. The van der Waals surface area contributed by atoms with Gasteiger partial charge in [0.15, 0.2) is 0 Å². The summed E-state index contributed by atoms with van der Waals surface area (Å²) in [6.45, 7) is 2.07. The number of ether oxygens (including phenoxy) is 1. The first-order valence-corrected chi connectivity index (χ1v) is 7.58. The third kappa shape index (κ3) is 3.83. The van der Waals surface area contributed by atoms with E-state index in [2.05, 4.69) is 41.8 Å². The summed E-state index contributed by atoms with van der Waals surface area (Å²) in [6.07, 6.45) is 0. The van der Waals surface area contributed by atoms with Gasteiger partial charge in [-0.15, -0.1) is 0 Å². The van der Waals surface area contributed by atoms with Crippen LogP contribution in [0.2, 0.25) is 0 Å². The summed E-state index contributed by atoms with van der Waals surface area (Å²) in [5, 5.41) is 6.81. The van der Waals surface area contributed by atoms with Gasteiger partial charge in [0.05, 0.1) is 7.11 Å². The fourth-order valence-electron chi connectivity index (χ4n) is 2.38. The Bertz CT molecular complexity index is 767. The van der Waals surface area contributed by atoms with Gasteiger partial charge in [-0.2, -0.15) is 0 Å². The van der Waals surface area contributed by atoms with Crippen LogP contribution in [0, 0.1) is 6.92 Å². The van der Waals surface area contributed by atoms with E-state index in [0.717, 1.165) is 34.1 Å². The molecule has 2 N–H and O–H groups in total. The molecule has 3 aromatic carbocycles. The van der Waals surface area contributed by atoms with Crippen LogP contribution in [-0.2, 0) is 0 Å². The summed E-state index contributed by atoms with van der Waals surface area (Å²) >= 11 is 0. The van der Waals surface area contributed by atoms with Gasteiger partial charge in [-0.05, 0) is 67.1 Å². The van der Waals surface area contributed by atoms with Crippen LogP contribution < -0.4 is 15.4 Å². The molecular formula is C20H20N2O. The van der Waals surface area contributed by atoms with Crippen LogP contribution in [0.3, 0.4) is 0 Å². The van der Waals surface area contributed by atoms with Crippen LogP contribution in [0.1, 0.15) is 5.56 Å². The first kappa shape index (κ1) is 15.0. The van der Waals surface area contributed by atoms with Crippen molar-refractivity contribution in [2.24, 2.45) is 0 Å². The average Bonchev–Trinajstić information content (AvgIpc) is 2.59. The Balaban J connectivity index is 1.70. The van der Waals surface area contributed by atoms with Crippen LogP contribution in [-0.4, -0.2) is 7.11 Å². The van der Waals surface area contributed by atoms with Gasteiger partial charge < -0.3 is 15.4 Å². The molecule has 0 aromatic heterocycles. The van der Waals surface area contributed by atoms with Crippen LogP contribution >= 0.6 is 0 Å². The van der Waals surface area contributed by atoms with E-state index in [1.54, 1.807) is 7.11 Å². The van der Waals surface area contributed by atoms with E-state index in [1.807, 2.05) is 48.5 Å². The molecule has 0 saturated heterocycles. The van der Waals surface area contributed by atoms with E-state index in [4.69, 9.17) is 4.74 Å². The molecule has 3 rings (SSSR count). The van der Waals surface area contributed by atoms with Crippen LogP contribution in [0.15, 0.2) is 72.8 Å². The van der Waals surface area contributed by atoms with Gasteiger partial charge >= 0.3 is 0 Å². The monoisotopic (exact) mass is 304 g/mol. The van der Waals surface area contributed by atoms with Gasteiger partial charge in [0.1, 0.15) is 5.75 Å². The van der Waals surface area contributed by atoms with E-state index < -0.39 is 0 Å². The van der Waals surface area contributed by atoms with Gasteiger partial charge in [-0.1, -0.05) is 18.2 Å². The Morgan fingerprint density at radius 3 is 1.91 bits per heavy atom. The lowest BCUT2D eigenvalue weighted by molar-refractivity contribution is 0.414. The SMILES string of the molecule is COc1ccc(Nc2ccc(Nc3ccccc3)cc2)c(C)c1. The molecule has 0 atom stereocenters. The second-order valence-corrected chi connectivity index (χ2v) is 5.37. The number of rotatable bonds is 5. The first-order chi connectivity index (χ1) is 11.2. The quantitative estimate of drug-likeness (QED) is 0.654. The van der Waals surface area contributed by atoms with Gasteiger partial charge in [0.25, 0.3) is 0 Å². The van der Waals surface area contributed by atoms with Gasteiger partial charge in [-0.3, -0.25) is 0 Å². The molecule has 0 amide bonds. The number of anilines is 4. The summed E-state index contributed by atoms with van der Waals surface area (Å²) in [5.74, 6) is 0.871. The van der Waals surface area contributed by atoms with Crippen LogP contribution in [0.5, 0.6) is 5.75 Å². The van der Waals surface area contributed by atoms with Gasteiger partial charge in [0.2, 0.25) is 0 Å². The summed E-state index contributed by atoms with van der Waals surface area (Å²) in [7, 11) is 1.68. The number of para-hydroxylation sites is 1. The number of hydrogen-bond acceptors (Lipinski definition) is 3. The van der Waals surface area contributed by atoms with E-state index in [1.165, 1.54) is 0 Å². The Kier molecular flexibility index (Phi) is 4.48. The fourth-order valence-corrected chi connectivity index (χ4v) is 2.38. The zero-order valence-corrected chi connectivity index (χ0v) is 13.3. The van der Waals surface area contributed by atoms with Crippen LogP contribution in [0.4, 0.5) is 22.7 Å². The zero-order valence-electron chi connectivity index (χ0n) is 13.3. The molecule has 3 aromatic rings. The van der Waals surface area contributed by atoms with Crippen molar-refractivity contribution >= 4 is 22.7 Å². The zero-order chi connectivity index (χ0) is 16.1. The molecule has 0 heterocycles. The van der Waals surface area contributed by atoms with Crippen molar-refractivity contribution in [3.05, 3.63) is 78.4 Å². The number of nitrogens with one attached hydrogen (secondary N) is 2. The molecule has 116 valence electrons. The minimum absolute atomic E-state index is 0.871. The Labute approximate surface area is 136 Å². The molecule has 0 fully saturated rings. The molecular weight excluding hydrogens is 284 g/mol. The molecule has 3 nitrogen and oxygen atoms in total. The predicted octanol–water partition coefficient (Wildman–Crippen LogP) is 5.49. The molecule has 0 aliphatic heterocycles. The third-order valence-corrected chi connectivity index (χ3v) is 3.66. The second-order valence-electron chi connectivity index (χ2n) is 5.37. The van der Waals surface area contributed by atoms with Crippen molar-refractivity contribution < 1.29 is 4.74 Å². The Hall–Kier alpha value is -2.94. The fraction of sp³-hybridized carbons (Fsp3) is 0.100. The molecule has 0 unspecified atom stereocenters. The predicted molar refractivity (Wildman–Crippen MR) is 97.2 cm³/mol. The Morgan fingerprint density at radius 2 is 1.30 bits per heavy atom. The normalized spacial score (nSPS) is 10.2. The molecule has 3 heteroatoms. The molecule has 0 spiro atoms. The van der Waals surface area contributed by atoms with E-state index in [-0.39, 0.29) is 0 Å². The van der Waals surface area contributed by atoms with Crippen molar-refractivity contribution in [1.29, 1.82) is 0 Å². The maximum Gasteiger partial charge on any atom is 0.119 e. The lowest BCUT2D eigenvalue weighted by Gasteiger charge is -2.12. The molecule has 0 aliphatic carbocycles. The maximum absolute atomic E-state index is 5.24. The molecule has 0 bridgehead atoms. The topological polar surface area (TPSA) is 33.3 Å². The average molecular weight is 304 g/mol. The van der Waals surface area contributed by atoms with Crippen molar-refractivity contribution in [2.75, 3.05) is 17.7 Å². The van der Waals surface area contributed by atoms with E-state index >= 15 is 0 Å². The van der Waals surface area contributed by atoms with Crippen molar-refractivity contribution in [3.8, 4) is 5.75 Å². The molecule has 0 radical (unpaired) electrons. The summed E-state index contributed by atoms with van der Waals surface area (Å²) in [6, 6.07) is 24.4. The summed E-state index contributed by atoms with van der Waals surface area (Å²) in [5.41, 5.74) is 5.43. The lowest BCUT2D eigenvalue weighted by atomic mass is 10.1. The van der Waals surface area contributed by atoms with E-state index in [0.29, 0.717) is 0 Å². The summed E-state index contributed by atoms with van der Waals surface area (Å²) < 4.78 is 5.24. The highest BCUT2D eigenvalue weighted by Gasteiger charge is 2.01. The number of hydrogen-bond donors (Lipinski definition) is 2. The highest BCUT2D eigenvalue weighted by molar-refractivity contribution is 5.67. The minimum atomic E-state index is 0.871. The highest BCUT2D eigenvalue weighted by atomic mass is 16.5. The molecule has 0 saturated carbocycles. The minimum Gasteiger partial charge on any atom is -0.497 e. The van der Waals surface area contributed by atoms with Gasteiger partial charge in [-0.25, -0.2) is 0 Å². The summed E-state index contributed by atoms with van der Waals surface area (Å²) in [4.78, 5) is 0. The molecule has 0 aliphatic rings. The largest absolute Gasteiger partial charge is 0.497 e. The van der Waals surface area contributed by atoms with Gasteiger partial charge in [0, 0.05) is 22.7 Å². The third-order valence-electron chi connectivity index (χ3n) is 3.66. The standard InChI is InChI=1S/C20H20N2O/c1-15-14-19(23-2)12-13-20(15)22-18-10-8-17(9-11-18)21-16-6-4-3-5-7-16/h3-14,21-22H,1-2H3. The number of aryl methyl sites for hydroxylation is 1. The second kappa shape index (κ2) is 6.88. The lowest BCUT2D eigenvalue weighted by Crippen LogP contribution is -1.95. The highest BCUT2D eigenvalue weighted by Crippen LogP contribution is 2.26. The Morgan fingerprint density at radius 1 is 0.696 bits per heavy atom. The van der Waals surface area contributed by atoms with Crippen molar-refractivity contribution in [3.63, 3.8) is 0 Å². The van der Waals surface area contributed by atoms with E-state index in [9.17, 15) is 0 Å². The first-order valence-electron chi connectivity index (χ1n) is 7.58. The van der Waals surface area contributed by atoms with Crippen molar-refractivity contribution in [1.82, 2.24) is 0 Å². The smallest absolute Gasteiger partial charge is 0.119 e.